The van der Waals surface area contributed by atoms with Gasteiger partial charge < -0.3 is 14.4 Å². The van der Waals surface area contributed by atoms with E-state index in [1.165, 1.54) is 7.11 Å². The lowest BCUT2D eigenvalue weighted by Crippen LogP contribution is -2.23. The van der Waals surface area contributed by atoms with Crippen LogP contribution in [0.4, 0.5) is 0 Å². The molecule has 0 spiro atoms. The van der Waals surface area contributed by atoms with Gasteiger partial charge in [-0.05, 0) is 25.0 Å². The van der Waals surface area contributed by atoms with Crippen LogP contribution in [-0.4, -0.2) is 27.7 Å². The van der Waals surface area contributed by atoms with Crippen LogP contribution in [0.15, 0.2) is 24.3 Å². The number of halogens is 1. The molecule has 0 saturated carbocycles. The molecule has 1 unspecified atom stereocenters. The zero-order chi connectivity index (χ0) is 15.0. The number of ether oxygens (including phenoxy) is 1. The van der Waals surface area contributed by atoms with Gasteiger partial charge in [0, 0.05) is 12.1 Å². The lowest BCUT2D eigenvalue weighted by Gasteiger charge is -2.23. The molecule has 2 heterocycles. The number of nitrogens with zero attached hydrogens (tertiary/aromatic N) is 2. The molecule has 1 aromatic heterocycles. The number of esters is 1. The number of hydrogen-bond donors (Lipinski definition) is 1. The van der Waals surface area contributed by atoms with E-state index in [4.69, 9.17) is 16.3 Å². The molecule has 0 amide bonds. The van der Waals surface area contributed by atoms with Gasteiger partial charge in [0.1, 0.15) is 17.5 Å². The topological polar surface area (TPSA) is 64.3 Å². The minimum atomic E-state index is -0.380. The Balaban J connectivity index is 2.12. The molecule has 6 heteroatoms. The van der Waals surface area contributed by atoms with E-state index in [2.05, 4.69) is 4.98 Å². The highest BCUT2D eigenvalue weighted by Crippen LogP contribution is 2.37. The zero-order valence-corrected chi connectivity index (χ0v) is 12.3. The summed E-state index contributed by atoms with van der Waals surface area (Å²) in [6, 6.07) is 6.84. The molecule has 1 aromatic carbocycles. The fourth-order valence-corrected chi connectivity index (χ4v) is 3.14. The lowest BCUT2D eigenvalue weighted by atomic mass is 9.96. The van der Waals surface area contributed by atoms with E-state index in [1.54, 1.807) is 18.2 Å². The van der Waals surface area contributed by atoms with Crippen molar-refractivity contribution in [2.75, 3.05) is 7.11 Å². The lowest BCUT2D eigenvalue weighted by molar-refractivity contribution is -0.143. The Morgan fingerprint density at radius 2 is 2.33 bits per heavy atom. The van der Waals surface area contributed by atoms with E-state index in [0.717, 1.165) is 18.5 Å². The van der Waals surface area contributed by atoms with Gasteiger partial charge in [-0.15, -0.1) is 0 Å². The first-order chi connectivity index (χ1) is 10.1. The summed E-state index contributed by atoms with van der Waals surface area (Å²) in [6.07, 6.45) is 1.56. The minimum Gasteiger partial charge on any atom is -0.508 e. The first kappa shape index (κ1) is 13.9. The Morgan fingerprint density at radius 1 is 1.52 bits per heavy atom. The van der Waals surface area contributed by atoms with Gasteiger partial charge in [0.15, 0.2) is 5.15 Å². The van der Waals surface area contributed by atoms with Gasteiger partial charge in [-0.25, -0.2) is 4.98 Å². The van der Waals surface area contributed by atoms with Gasteiger partial charge in [-0.2, -0.15) is 0 Å². The van der Waals surface area contributed by atoms with E-state index in [1.807, 2.05) is 10.6 Å². The summed E-state index contributed by atoms with van der Waals surface area (Å²) in [4.78, 5) is 16.3. The number of phenols is 1. The zero-order valence-electron chi connectivity index (χ0n) is 11.5. The van der Waals surface area contributed by atoms with E-state index < -0.39 is 0 Å². The van der Waals surface area contributed by atoms with Gasteiger partial charge in [0.2, 0.25) is 0 Å². The molecule has 0 saturated heterocycles. The van der Waals surface area contributed by atoms with Crippen molar-refractivity contribution in [3.63, 3.8) is 0 Å². The van der Waals surface area contributed by atoms with Crippen molar-refractivity contribution in [1.29, 1.82) is 0 Å². The van der Waals surface area contributed by atoms with Crippen molar-refractivity contribution in [3.8, 4) is 17.1 Å². The average molecular weight is 307 g/mol. The number of phenolic OH excluding ortho intramolecular Hbond substituents is 1. The first-order valence-electron chi connectivity index (χ1n) is 6.75. The number of aromatic hydroxyl groups is 1. The fourth-order valence-electron chi connectivity index (χ4n) is 2.82. The summed E-state index contributed by atoms with van der Waals surface area (Å²) in [7, 11) is 1.38. The van der Waals surface area contributed by atoms with Gasteiger partial charge in [0.05, 0.1) is 12.8 Å². The van der Waals surface area contributed by atoms with Gasteiger partial charge in [0.25, 0.3) is 0 Å². The molecule has 21 heavy (non-hydrogen) atoms. The molecule has 0 radical (unpaired) electrons. The van der Waals surface area contributed by atoms with Gasteiger partial charge >= 0.3 is 5.97 Å². The van der Waals surface area contributed by atoms with Crippen LogP contribution < -0.4 is 0 Å². The maximum Gasteiger partial charge on any atom is 0.314 e. The first-order valence-corrected chi connectivity index (χ1v) is 7.12. The molecule has 0 fully saturated rings. The monoisotopic (exact) mass is 306 g/mol. The SMILES string of the molecule is COC(=O)C1CCCn2c(-c3cccc(O)c3)nc(Cl)c21. The smallest absolute Gasteiger partial charge is 0.314 e. The van der Waals surface area contributed by atoms with Crippen LogP contribution in [-0.2, 0) is 16.1 Å². The van der Waals surface area contributed by atoms with Gasteiger partial charge in [-0.1, -0.05) is 23.7 Å². The van der Waals surface area contributed by atoms with Crippen LogP contribution in [0, 0.1) is 0 Å². The van der Waals surface area contributed by atoms with Gasteiger partial charge in [-0.3, -0.25) is 4.79 Å². The standard InChI is InChI=1S/C15H15ClN2O3/c1-21-15(20)11-6-3-7-18-12(11)13(16)17-14(18)9-4-2-5-10(19)8-9/h2,4-5,8,11,19H,3,6-7H2,1H3. The molecule has 1 aliphatic rings. The Bertz CT molecular complexity index is 696. The van der Waals surface area contributed by atoms with Crippen LogP contribution in [0.5, 0.6) is 5.75 Å². The molecular formula is C15H15ClN2O3. The summed E-state index contributed by atoms with van der Waals surface area (Å²) >= 11 is 6.25. The molecule has 3 rings (SSSR count). The van der Waals surface area contributed by atoms with Crippen molar-refractivity contribution < 1.29 is 14.6 Å². The molecule has 1 N–H and O–H groups in total. The summed E-state index contributed by atoms with van der Waals surface area (Å²) < 4.78 is 6.80. The number of imidazole rings is 1. The third-order valence-electron chi connectivity index (χ3n) is 3.76. The molecule has 0 bridgehead atoms. The summed E-state index contributed by atoms with van der Waals surface area (Å²) in [5.41, 5.74) is 1.47. The molecule has 110 valence electrons. The molecule has 5 nitrogen and oxygen atoms in total. The van der Waals surface area contributed by atoms with Crippen molar-refractivity contribution in [3.05, 3.63) is 35.1 Å². The van der Waals surface area contributed by atoms with Crippen molar-refractivity contribution in [2.24, 2.45) is 0 Å². The van der Waals surface area contributed by atoms with Crippen molar-refractivity contribution >= 4 is 17.6 Å². The third kappa shape index (κ3) is 2.38. The summed E-state index contributed by atoms with van der Waals surface area (Å²) in [5, 5.41) is 9.94. The highest BCUT2D eigenvalue weighted by Gasteiger charge is 2.33. The van der Waals surface area contributed by atoms with Crippen LogP contribution >= 0.6 is 11.6 Å². The Morgan fingerprint density at radius 3 is 3.05 bits per heavy atom. The second-order valence-corrected chi connectivity index (χ2v) is 5.39. The van der Waals surface area contributed by atoms with E-state index >= 15 is 0 Å². The van der Waals surface area contributed by atoms with Crippen LogP contribution in [0.2, 0.25) is 5.15 Å². The van der Waals surface area contributed by atoms with Crippen molar-refractivity contribution in [1.82, 2.24) is 9.55 Å². The molecular weight excluding hydrogens is 292 g/mol. The maximum atomic E-state index is 11.9. The molecule has 1 aliphatic heterocycles. The predicted octanol–water partition coefficient (Wildman–Crippen LogP) is 2.96. The largest absolute Gasteiger partial charge is 0.508 e. The third-order valence-corrected chi connectivity index (χ3v) is 4.03. The van der Waals surface area contributed by atoms with E-state index in [9.17, 15) is 9.90 Å². The highest BCUT2D eigenvalue weighted by molar-refractivity contribution is 6.30. The minimum absolute atomic E-state index is 0.168. The Labute approximate surface area is 127 Å². The second kappa shape index (κ2) is 5.41. The number of fused-ring (bicyclic) bond motifs is 1. The quantitative estimate of drug-likeness (QED) is 0.866. The Kier molecular flexibility index (Phi) is 3.59. The van der Waals surface area contributed by atoms with Crippen LogP contribution in [0.1, 0.15) is 24.5 Å². The van der Waals surface area contributed by atoms with Crippen LogP contribution in [0.25, 0.3) is 11.4 Å². The fraction of sp³-hybridized carbons (Fsp3) is 0.333. The number of benzene rings is 1. The predicted molar refractivity (Wildman–Crippen MR) is 78.3 cm³/mol. The van der Waals surface area contributed by atoms with Crippen molar-refractivity contribution in [2.45, 2.75) is 25.3 Å². The number of hydrogen-bond acceptors (Lipinski definition) is 4. The Hall–Kier alpha value is -2.01. The highest BCUT2D eigenvalue weighted by atomic mass is 35.5. The van der Waals surface area contributed by atoms with E-state index in [0.29, 0.717) is 23.1 Å². The van der Waals surface area contributed by atoms with E-state index in [-0.39, 0.29) is 17.6 Å². The number of methoxy groups -OCH3 is 1. The molecule has 1 atom stereocenters. The second-order valence-electron chi connectivity index (χ2n) is 5.03. The number of carbonyl (C=O) groups is 1. The normalized spacial score (nSPS) is 17.3. The molecule has 0 aliphatic carbocycles. The maximum absolute atomic E-state index is 11.9. The molecule has 2 aromatic rings. The summed E-state index contributed by atoms with van der Waals surface area (Å²) in [6.45, 7) is 0.744. The number of rotatable bonds is 2. The average Bonchev–Trinajstić information content (AvgIpc) is 2.84. The number of carbonyl (C=O) groups excluding carboxylic acids is 1. The number of aromatic nitrogens is 2. The summed E-state index contributed by atoms with van der Waals surface area (Å²) in [5.74, 6) is 0.163. The van der Waals surface area contributed by atoms with Crippen LogP contribution in [0.3, 0.4) is 0 Å².